The van der Waals surface area contributed by atoms with E-state index >= 15 is 0 Å². The summed E-state index contributed by atoms with van der Waals surface area (Å²) in [5.74, 6) is 0.475. The molecule has 0 radical (unpaired) electrons. The minimum atomic E-state index is -3.64. The van der Waals surface area contributed by atoms with Gasteiger partial charge in [-0.1, -0.05) is 30.3 Å². The molecule has 1 fully saturated rings. The number of nitrogens with one attached hydrogen (secondary N) is 1. The molecule has 4 nitrogen and oxygen atoms in total. The fourth-order valence-corrected chi connectivity index (χ4v) is 4.66. The molecule has 1 aliphatic rings. The summed E-state index contributed by atoms with van der Waals surface area (Å²) in [6.45, 7) is 6.39. The lowest BCUT2D eigenvalue weighted by molar-refractivity contribution is 0.372. The maximum Gasteiger partial charge on any atom is 0.261 e. The summed E-state index contributed by atoms with van der Waals surface area (Å²) in [7, 11) is -3.64. The minimum Gasteiger partial charge on any atom is -0.299 e. The van der Waals surface area contributed by atoms with Crippen molar-refractivity contribution in [2.24, 2.45) is 0 Å². The number of hydrogen-bond acceptors (Lipinski definition) is 3. The van der Waals surface area contributed by atoms with Crippen LogP contribution >= 0.6 is 0 Å². The van der Waals surface area contributed by atoms with Crippen molar-refractivity contribution >= 4 is 15.7 Å². The van der Waals surface area contributed by atoms with Crippen molar-refractivity contribution in [2.45, 2.75) is 30.1 Å². The van der Waals surface area contributed by atoms with Crippen molar-refractivity contribution in [1.29, 1.82) is 0 Å². The van der Waals surface area contributed by atoms with Gasteiger partial charge in [0.15, 0.2) is 0 Å². The fraction of sp³-hybridized carbons (Fsp3) is 0.364. The van der Waals surface area contributed by atoms with E-state index in [1.807, 2.05) is 30.3 Å². The molecular weight excluding hydrogens is 375 g/mol. The Morgan fingerprint density at radius 1 is 1.14 bits per heavy atom. The predicted octanol–water partition coefficient (Wildman–Crippen LogP) is 4.36. The molecular formula is C22H27FN2O2S. The van der Waals surface area contributed by atoms with Crippen molar-refractivity contribution in [1.82, 2.24) is 4.90 Å². The summed E-state index contributed by atoms with van der Waals surface area (Å²) in [4.78, 5) is 2.57. The summed E-state index contributed by atoms with van der Waals surface area (Å²) >= 11 is 0. The maximum absolute atomic E-state index is 12.6. The van der Waals surface area contributed by atoms with Gasteiger partial charge in [-0.2, -0.15) is 0 Å². The Labute approximate surface area is 167 Å². The van der Waals surface area contributed by atoms with Gasteiger partial charge >= 0.3 is 0 Å². The Kier molecular flexibility index (Phi) is 6.86. The van der Waals surface area contributed by atoms with Gasteiger partial charge in [-0.25, -0.2) is 8.42 Å². The monoisotopic (exact) mass is 402 g/mol. The predicted molar refractivity (Wildman–Crippen MR) is 112 cm³/mol. The van der Waals surface area contributed by atoms with Crippen LogP contribution < -0.4 is 4.72 Å². The van der Waals surface area contributed by atoms with Crippen LogP contribution in [0.25, 0.3) is 0 Å². The van der Waals surface area contributed by atoms with Crippen molar-refractivity contribution in [3.63, 3.8) is 0 Å². The molecule has 28 heavy (non-hydrogen) atoms. The van der Waals surface area contributed by atoms with Crippen molar-refractivity contribution in [3.8, 4) is 0 Å². The molecule has 6 heteroatoms. The number of rotatable bonds is 9. The highest BCUT2D eigenvalue weighted by molar-refractivity contribution is 7.92. The van der Waals surface area contributed by atoms with Crippen molar-refractivity contribution in [3.05, 3.63) is 72.3 Å². The van der Waals surface area contributed by atoms with Crippen LogP contribution in [-0.2, 0) is 16.4 Å². The fourth-order valence-electron chi connectivity index (χ4n) is 3.60. The number of likely N-dealkylation sites (tertiary alicyclic amines) is 1. The number of hydrogen-bond donors (Lipinski definition) is 1. The maximum atomic E-state index is 12.6. The summed E-state index contributed by atoms with van der Waals surface area (Å²) < 4.78 is 40.1. The molecule has 150 valence electrons. The molecule has 0 aromatic heterocycles. The Hall–Kier alpha value is -2.18. The Morgan fingerprint density at radius 3 is 2.50 bits per heavy atom. The first kappa shape index (κ1) is 20.6. The molecule has 0 spiro atoms. The zero-order valence-electron chi connectivity index (χ0n) is 16.0. The molecule has 0 amide bonds. The summed E-state index contributed by atoms with van der Waals surface area (Å²) in [6, 6.07) is 14.2. The summed E-state index contributed by atoms with van der Waals surface area (Å²) in [5.41, 5.74) is 2.71. The molecule has 0 saturated carbocycles. The van der Waals surface area contributed by atoms with E-state index in [9.17, 15) is 12.8 Å². The third kappa shape index (κ3) is 5.20. The lowest BCUT2D eigenvalue weighted by Gasteiger charge is -2.14. The standard InChI is InChI=1S/C22H27FN2O2S/c1-2-15-25-16-13-20(17-25)19-7-9-21(10-8-19)24-28(26,27)22-11-5-18(6-12-22)4-3-14-23/h2,5-12,20,24H,1,3-4,13-17H2. The van der Waals surface area contributed by atoms with Crippen molar-refractivity contribution < 1.29 is 12.8 Å². The normalized spacial score (nSPS) is 17.5. The lowest BCUT2D eigenvalue weighted by Crippen LogP contribution is -2.19. The average molecular weight is 403 g/mol. The minimum absolute atomic E-state index is 0.205. The average Bonchev–Trinajstić information content (AvgIpc) is 3.16. The molecule has 1 unspecified atom stereocenters. The number of nitrogens with zero attached hydrogens (tertiary/aromatic N) is 1. The quantitative estimate of drug-likeness (QED) is 0.634. The molecule has 0 bridgehead atoms. The third-order valence-corrected chi connectivity index (χ3v) is 6.52. The van der Waals surface area contributed by atoms with Gasteiger partial charge in [-0.15, -0.1) is 6.58 Å². The van der Waals surface area contributed by atoms with Gasteiger partial charge in [-0.05, 0) is 67.1 Å². The summed E-state index contributed by atoms with van der Waals surface area (Å²) in [6.07, 6.45) is 4.08. The van der Waals surface area contributed by atoms with Crippen LogP contribution in [0, 0.1) is 0 Å². The smallest absolute Gasteiger partial charge is 0.261 e. The van der Waals surface area contributed by atoms with Gasteiger partial charge in [0.25, 0.3) is 10.0 Å². The first-order chi connectivity index (χ1) is 13.5. The van der Waals surface area contributed by atoms with Crippen LogP contribution in [0.1, 0.15) is 29.9 Å². The van der Waals surface area contributed by atoms with Crippen LogP contribution in [0.3, 0.4) is 0 Å². The van der Waals surface area contributed by atoms with E-state index in [-0.39, 0.29) is 11.6 Å². The zero-order valence-corrected chi connectivity index (χ0v) is 16.8. The van der Waals surface area contributed by atoms with E-state index in [0.29, 0.717) is 24.4 Å². The van der Waals surface area contributed by atoms with E-state index < -0.39 is 10.0 Å². The molecule has 1 N–H and O–H groups in total. The van der Waals surface area contributed by atoms with E-state index in [1.54, 1.807) is 24.3 Å². The van der Waals surface area contributed by atoms with E-state index in [0.717, 1.165) is 31.6 Å². The van der Waals surface area contributed by atoms with Gasteiger partial charge < -0.3 is 0 Å². The van der Waals surface area contributed by atoms with Crippen LogP contribution in [0.15, 0.2) is 66.1 Å². The van der Waals surface area contributed by atoms with Gasteiger partial charge in [0.1, 0.15) is 0 Å². The Morgan fingerprint density at radius 2 is 1.86 bits per heavy atom. The Balaban J connectivity index is 1.63. The van der Waals surface area contributed by atoms with Crippen LogP contribution in [-0.4, -0.2) is 39.6 Å². The SMILES string of the molecule is C=CCN1CCC(c2ccc(NS(=O)(=O)c3ccc(CCCF)cc3)cc2)C1. The lowest BCUT2D eigenvalue weighted by atomic mass is 9.98. The van der Waals surface area contributed by atoms with Gasteiger partial charge in [0, 0.05) is 18.8 Å². The molecule has 0 aliphatic carbocycles. The van der Waals surface area contributed by atoms with Crippen LogP contribution in [0.4, 0.5) is 10.1 Å². The van der Waals surface area contributed by atoms with Crippen molar-refractivity contribution in [2.75, 3.05) is 31.0 Å². The van der Waals surface area contributed by atoms with Crippen LogP contribution in [0.5, 0.6) is 0 Å². The number of halogens is 1. The number of sulfonamides is 1. The second-order valence-corrected chi connectivity index (χ2v) is 8.88. The molecule has 3 rings (SSSR count). The second kappa shape index (κ2) is 9.34. The molecule has 1 aliphatic heterocycles. The molecule has 1 atom stereocenters. The van der Waals surface area contributed by atoms with E-state index in [1.165, 1.54) is 5.56 Å². The third-order valence-electron chi connectivity index (χ3n) is 5.13. The van der Waals surface area contributed by atoms with E-state index in [2.05, 4.69) is 16.2 Å². The number of aryl methyl sites for hydroxylation is 1. The van der Waals surface area contributed by atoms with E-state index in [4.69, 9.17) is 0 Å². The Bertz CT molecular complexity index is 880. The number of anilines is 1. The highest BCUT2D eigenvalue weighted by Gasteiger charge is 2.23. The zero-order chi connectivity index (χ0) is 20.0. The van der Waals surface area contributed by atoms with Crippen LogP contribution in [0.2, 0.25) is 0 Å². The summed E-state index contributed by atoms with van der Waals surface area (Å²) in [5, 5.41) is 0. The molecule has 2 aromatic carbocycles. The molecule has 2 aromatic rings. The number of alkyl halides is 1. The second-order valence-electron chi connectivity index (χ2n) is 7.20. The highest BCUT2D eigenvalue weighted by Crippen LogP contribution is 2.28. The van der Waals surface area contributed by atoms with Gasteiger partial charge in [0.2, 0.25) is 0 Å². The topological polar surface area (TPSA) is 49.4 Å². The first-order valence-electron chi connectivity index (χ1n) is 9.63. The molecule has 1 heterocycles. The highest BCUT2D eigenvalue weighted by atomic mass is 32.2. The first-order valence-corrected chi connectivity index (χ1v) is 11.1. The molecule has 1 saturated heterocycles. The number of benzene rings is 2. The van der Waals surface area contributed by atoms with Gasteiger partial charge in [0.05, 0.1) is 11.6 Å². The van der Waals surface area contributed by atoms with Gasteiger partial charge in [-0.3, -0.25) is 14.0 Å². The largest absolute Gasteiger partial charge is 0.299 e.